The first-order valence-corrected chi connectivity index (χ1v) is 12.5. The van der Waals surface area contributed by atoms with Crippen molar-refractivity contribution in [3.05, 3.63) is 115 Å². The number of nitrogens with zero attached hydrogens (tertiary/aromatic N) is 4. The number of H-pyrrole nitrogens is 2. The smallest absolute Gasteiger partial charge is 0.255 e. The molecule has 0 atom stereocenters. The second kappa shape index (κ2) is 9.55. The van der Waals surface area contributed by atoms with Crippen LogP contribution in [-0.2, 0) is 0 Å². The van der Waals surface area contributed by atoms with Crippen LogP contribution in [0.2, 0.25) is 0 Å². The number of hydrogen-bond acceptors (Lipinski definition) is 5. The maximum Gasteiger partial charge on any atom is 0.255 e. The molecule has 8 nitrogen and oxygen atoms in total. The van der Waals surface area contributed by atoms with Crippen molar-refractivity contribution in [2.24, 2.45) is 0 Å². The topological polar surface area (TPSA) is 112 Å². The highest BCUT2D eigenvalue weighted by Gasteiger charge is 2.17. The van der Waals surface area contributed by atoms with Crippen molar-refractivity contribution in [3.8, 4) is 33.8 Å². The molecular formula is C31H20FN7O. The van der Waals surface area contributed by atoms with Crippen LogP contribution in [0, 0.1) is 5.82 Å². The zero-order valence-corrected chi connectivity index (χ0v) is 20.9. The van der Waals surface area contributed by atoms with Gasteiger partial charge in [0.25, 0.3) is 5.91 Å². The van der Waals surface area contributed by atoms with E-state index in [1.165, 1.54) is 6.07 Å². The Kier molecular flexibility index (Phi) is 5.59. The molecule has 0 saturated carbocycles. The van der Waals surface area contributed by atoms with Crippen molar-refractivity contribution in [1.82, 2.24) is 30.1 Å². The molecule has 0 aliphatic rings. The number of amides is 1. The second-order valence-electron chi connectivity index (χ2n) is 9.26. The molecule has 1 amide bonds. The predicted molar refractivity (Wildman–Crippen MR) is 152 cm³/mol. The number of benzene rings is 3. The van der Waals surface area contributed by atoms with Gasteiger partial charge in [-0.2, -0.15) is 5.10 Å². The van der Waals surface area contributed by atoms with Crippen LogP contribution in [0.15, 0.2) is 104 Å². The van der Waals surface area contributed by atoms with E-state index in [0.29, 0.717) is 44.9 Å². The first-order chi connectivity index (χ1) is 19.6. The second-order valence-corrected chi connectivity index (χ2v) is 9.26. The molecule has 4 heterocycles. The van der Waals surface area contributed by atoms with Crippen molar-refractivity contribution in [2.45, 2.75) is 0 Å². The van der Waals surface area contributed by atoms with E-state index in [2.05, 4.69) is 30.5 Å². The van der Waals surface area contributed by atoms with Gasteiger partial charge in [-0.25, -0.2) is 9.37 Å². The monoisotopic (exact) mass is 525 g/mol. The van der Waals surface area contributed by atoms with Gasteiger partial charge in [0.2, 0.25) is 0 Å². The van der Waals surface area contributed by atoms with E-state index in [4.69, 9.17) is 4.98 Å². The molecule has 3 aromatic carbocycles. The number of aromatic nitrogens is 6. The van der Waals surface area contributed by atoms with E-state index in [1.807, 2.05) is 42.5 Å². The van der Waals surface area contributed by atoms with Gasteiger partial charge >= 0.3 is 0 Å². The van der Waals surface area contributed by atoms with Crippen molar-refractivity contribution >= 4 is 33.5 Å². The molecule has 0 aliphatic heterocycles. The molecular weight excluding hydrogens is 505 g/mol. The molecule has 192 valence electrons. The van der Waals surface area contributed by atoms with Crippen LogP contribution in [0.4, 0.5) is 10.1 Å². The van der Waals surface area contributed by atoms with Crippen LogP contribution in [-0.4, -0.2) is 36.0 Å². The molecule has 7 rings (SSSR count). The molecule has 0 saturated heterocycles. The SMILES string of the molecule is O=C(Nc1cncc(-c2ccc3[nH]nc(-c4nc5c(-c6ccccc6F)cncc5[nH]4)c3c2)c1)c1ccccc1. The third-order valence-corrected chi connectivity index (χ3v) is 6.71. The first-order valence-electron chi connectivity index (χ1n) is 12.5. The van der Waals surface area contributed by atoms with E-state index in [9.17, 15) is 9.18 Å². The Morgan fingerprint density at radius 1 is 0.775 bits per heavy atom. The zero-order valence-electron chi connectivity index (χ0n) is 20.9. The molecule has 7 aromatic rings. The molecule has 9 heteroatoms. The Morgan fingerprint density at radius 3 is 2.48 bits per heavy atom. The van der Waals surface area contributed by atoms with Gasteiger partial charge in [0.15, 0.2) is 5.82 Å². The molecule has 0 radical (unpaired) electrons. The van der Waals surface area contributed by atoms with E-state index in [1.54, 1.807) is 55.1 Å². The maximum atomic E-state index is 14.6. The summed E-state index contributed by atoms with van der Waals surface area (Å²) in [5, 5.41) is 11.3. The first kappa shape index (κ1) is 23.4. The molecule has 40 heavy (non-hydrogen) atoms. The van der Waals surface area contributed by atoms with E-state index < -0.39 is 0 Å². The van der Waals surface area contributed by atoms with Gasteiger partial charge in [0, 0.05) is 40.0 Å². The summed E-state index contributed by atoms with van der Waals surface area (Å²) in [6.07, 6.45) is 6.63. The molecule has 3 N–H and O–H groups in total. The Hall–Kier alpha value is -5.70. The summed E-state index contributed by atoms with van der Waals surface area (Å²) < 4.78 is 14.6. The third-order valence-electron chi connectivity index (χ3n) is 6.71. The minimum atomic E-state index is -0.341. The lowest BCUT2D eigenvalue weighted by molar-refractivity contribution is 0.102. The highest BCUT2D eigenvalue weighted by Crippen LogP contribution is 2.33. The molecule has 0 unspecified atom stereocenters. The van der Waals surface area contributed by atoms with Crippen LogP contribution in [0.5, 0.6) is 0 Å². The Labute approximate surface area is 227 Å². The standard InChI is InChI=1S/C31H20FN7O/c32-25-9-5-4-8-22(25)24-16-34-17-27-28(24)37-30(36-27)29-23-13-19(10-11-26(23)38-39-29)20-12-21(15-33-14-20)35-31(40)18-6-2-1-3-7-18/h1-17H,(H,35,40)(H,36,37)(H,38,39). The fraction of sp³-hybridized carbons (Fsp3) is 0. The normalized spacial score (nSPS) is 11.2. The largest absolute Gasteiger partial charge is 0.335 e. The van der Waals surface area contributed by atoms with Gasteiger partial charge in [-0.3, -0.25) is 19.9 Å². The Morgan fingerprint density at radius 2 is 1.60 bits per heavy atom. The minimum absolute atomic E-state index is 0.207. The zero-order chi connectivity index (χ0) is 27.1. The number of nitrogens with one attached hydrogen (secondary N) is 3. The van der Waals surface area contributed by atoms with Crippen LogP contribution in [0.1, 0.15) is 10.4 Å². The van der Waals surface area contributed by atoms with Crippen molar-refractivity contribution in [1.29, 1.82) is 0 Å². The number of pyridine rings is 2. The average molecular weight is 526 g/mol. The summed E-state index contributed by atoms with van der Waals surface area (Å²) in [5.41, 5.74) is 6.63. The summed E-state index contributed by atoms with van der Waals surface area (Å²) >= 11 is 0. The number of anilines is 1. The minimum Gasteiger partial charge on any atom is -0.335 e. The molecule has 0 fully saturated rings. The number of rotatable bonds is 5. The van der Waals surface area contributed by atoms with E-state index >= 15 is 0 Å². The number of halogens is 1. The van der Waals surface area contributed by atoms with Gasteiger partial charge in [0.05, 0.1) is 29.1 Å². The quantitative estimate of drug-likeness (QED) is 0.234. The summed E-state index contributed by atoms with van der Waals surface area (Å²) in [6, 6.07) is 23.4. The fourth-order valence-corrected chi connectivity index (χ4v) is 4.75. The van der Waals surface area contributed by atoms with Crippen LogP contribution < -0.4 is 5.32 Å². The van der Waals surface area contributed by atoms with Crippen LogP contribution >= 0.6 is 0 Å². The number of carbonyl (C=O) groups is 1. The van der Waals surface area contributed by atoms with Crippen molar-refractivity contribution < 1.29 is 9.18 Å². The number of carbonyl (C=O) groups excluding carboxylic acids is 1. The fourth-order valence-electron chi connectivity index (χ4n) is 4.75. The van der Waals surface area contributed by atoms with Crippen molar-refractivity contribution in [2.75, 3.05) is 5.32 Å². The number of imidazole rings is 1. The predicted octanol–water partition coefficient (Wildman–Crippen LogP) is 6.62. The number of aromatic amines is 2. The highest BCUT2D eigenvalue weighted by molar-refractivity contribution is 6.04. The summed E-state index contributed by atoms with van der Waals surface area (Å²) in [4.78, 5) is 29.3. The summed E-state index contributed by atoms with van der Waals surface area (Å²) in [5.74, 6) is -0.0146. The van der Waals surface area contributed by atoms with Gasteiger partial charge < -0.3 is 10.3 Å². The third kappa shape index (κ3) is 4.15. The molecule has 0 aliphatic carbocycles. The summed E-state index contributed by atoms with van der Waals surface area (Å²) in [6.45, 7) is 0. The maximum absolute atomic E-state index is 14.6. The number of hydrogen-bond donors (Lipinski definition) is 3. The van der Waals surface area contributed by atoms with E-state index in [0.717, 1.165) is 22.0 Å². The molecule has 4 aromatic heterocycles. The Balaban J connectivity index is 1.26. The summed E-state index contributed by atoms with van der Waals surface area (Å²) in [7, 11) is 0. The number of fused-ring (bicyclic) bond motifs is 2. The lowest BCUT2D eigenvalue weighted by atomic mass is 10.0. The van der Waals surface area contributed by atoms with Gasteiger partial charge in [-0.15, -0.1) is 0 Å². The van der Waals surface area contributed by atoms with Gasteiger partial charge in [0.1, 0.15) is 17.0 Å². The molecule has 0 spiro atoms. The van der Waals surface area contributed by atoms with Gasteiger partial charge in [-0.05, 0) is 42.0 Å². The van der Waals surface area contributed by atoms with Crippen LogP contribution in [0.25, 0.3) is 55.7 Å². The Bertz CT molecular complexity index is 2030. The van der Waals surface area contributed by atoms with Crippen molar-refractivity contribution in [3.63, 3.8) is 0 Å². The van der Waals surface area contributed by atoms with Gasteiger partial charge in [-0.1, -0.05) is 42.5 Å². The van der Waals surface area contributed by atoms with Crippen LogP contribution in [0.3, 0.4) is 0 Å². The lowest BCUT2D eigenvalue weighted by Gasteiger charge is -2.08. The van der Waals surface area contributed by atoms with E-state index in [-0.39, 0.29) is 11.7 Å². The lowest BCUT2D eigenvalue weighted by Crippen LogP contribution is -2.11. The molecule has 0 bridgehead atoms. The average Bonchev–Trinajstić information content (AvgIpc) is 3.62. The highest BCUT2D eigenvalue weighted by atomic mass is 19.1.